The highest BCUT2D eigenvalue weighted by molar-refractivity contribution is 6.71. The number of allylic oxidation sites excluding steroid dienone is 2. The standard InChI is InChI=1S/C36H71N3O5Si5/c1-34-22-20-28(37-42-47(9,10)11)24-27(34)18-19-29-30-21-23-36(41-46(6,7)8,32(26-40-45(3,4)5)39-44-49(15,16)17)35(30,2)25-31(33(29)34)38-43-48(12,13)14/h20,22,27,29-30,33H,18-19,21,23-26H2,1-17H3/b37-28+,38-31-,39-32+/t27?,29?,30?,33?,34?,35?,36-/m0/s1. The van der Waals surface area contributed by atoms with Gasteiger partial charge in [0, 0.05) is 11.3 Å². The minimum Gasteiger partial charge on any atom is -0.456 e. The van der Waals surface area contributed by atoms with E-state index in [2.05, 4.69) is 129 Å². The number of oxime groups is 3. The van der Waals surface area contributed by atoms with E-state index in [1.807, 2.05) is 0 Å². The van der Waals surface area contributed by atoms with Crippen molar-refractivity contribution in [2.24, 2.45) is 50.0 Å². The van der Waals surface area contributed by atoms with Crippen molar-refractivity contribution in [2.75, 3.05) is 6.61 Å². The topological polar surface area (TPSA) is 83.2 Å². The third kappa shape index (κ3) is 9.58. The summed E-state index contributed by atoms with van der Waals surface area (Å²) in [4.78, 5) is 0. The summed E-state index contributed by atoms with van der Waals surface area (Å²) in [5.74, 6) is 1.71. The van der Waals surface area contributed by atoms with Crippen molar-refractivity contribution in [3.05, 3.63) is 12.2 Å². The predicted octanol–water partition coefficient (Wildman–Crippen LogP) is 10.5. The normalized spacial score (nSPS) is 36.0. The molecule has 7 atom stereocenters. The lowest BCUT2D eigenvalue weighted by Crippen LogP contribution is -2.64. The SMILES string of the molecule is CC12C=C/C(=N\O[Si](C)(C)C)CC1CCC1C2/C(=N\O[Si](C)(C)C)CC2(C)C1CC[C@]2(O[Si](C)(C)C)/C(CO[Si](C)(C)C)=N/O[Si](C)(C)C. The molecule has 3 saturated carbocycles. The molecule has 0 heterocycles. The Labute approximate surface area is 304 Å². The van der Waals surface area contributed by atoms with Gasteiger partial charge >= 0.3 is 0 Å². The van der Waals surface area contributed by atoms with Crippen LogP contribution in [-0.2, 0) is 22.4 Å². The van der Waals surface area contributed by atoms with Gasteiger partial charge < -0.3 is 22.4 Å². The van der Waals surface area contributed by atoms with Crippen LogP contribution < -0.4 is 0 Å². The van der Waals surface area contributed by atoms with E-state index >= 15 is 0 Å². The summed E-state index contributed by atoms with van der Waals surface area (Å²) in [5, 5.41) is 15.0. The lowest BCUT2D eigenvalue weighted by atomic mass is 9.44. The Morgan fingerprint density at radius 2 is 1.33 bits per heavy atom. The first-order valence-electron chi connectivity index (χ1n) is 18.9. The molecule has 0 aliphatic heterocycles. The van der Waals surface area contributed by atoms with Gasteiger partial charge in [-0.2, -0.15) is 0 Å². The first-order chi connectivity index (χ1) is 22.1. The molecule has 13 heteroatoms. The molecular weight excluding hydrogens is 695 g/mol. The van der Waals surface area contributed by atoms with E-state index in [0.29, 0.717) is 30.3 Å². The van der Waals surface area contributed by atoms with Gasteiger partial charge in [-0.3, -0.25) is 0 Å². The highest BCUT2D eigenvalue weighted by Gasteiger charge is 2.69. The maximum atomic E-state index is 7.58. The molecular formula is C36H71N3O5Si5. The Kier molecular flexibility index (Phi) is 11.6. The fourth-order valence-electron chi connectivity index (χ4n) is 8.96. The largest absolute Gasteiger partial charge is 0.456 e. The Morgan fingerprint density at radius 1 is 0.735 bits per heavy atom. The third-order valence-corrected chi connectivity index (χ3v) is 14.7. The van der Waals surface area contributed by atoms with Crippen LogP contribution in [0.1, 0.15) is 52.4 Å². The lowest BCUT2D eigenvalue weighted by Gasteiger charge is -2.61. The van der Waals surface area contributed by atoms with Gasteiger partial charge in [0.2, 0.25) is 0 Å². The Morgan fingerprint density at radius 3 is 1.88 bits per heavy atom. The van der Waals surface area contributed by atoms with E-state index in [0.717, 1.165) is 37.1 Å². The van der Waals surface area contributed by atoms with Gasteiger partial charge in [-0.15, -0.1) is 15.5 Å². The number of nitrogens with zero attached hydrogens (tertiary/aromatic N) is 3. The third-order valence-electron chi connectivity index (χ3n) is 10.8. The fraction of sp³-hybridized carbons (Fsp3) is 0.861. The maximum absolute atomic E-state index is 7.58. The van der Waals surface area contributed by atoms with Crippen LogP contribution in [0.3, 0.4) is 0 Å². The van der Waals surface area contributed by atoms with Gasteiger partial charge in [-0.25, -0.2) is 0 Å². The average molecular weight is 766 g/mol. The summed E-state index contributed by atoms with van der Waals surface area (Å²) in [7, 11) is -9.62. The first-order valence-corrected chi connectivity index (χ1v) is 35.9. The predicted molar refractivity (Wildman–Crippen MR) is 219 cm³/mol. The Hall–Kier alpha value is -0.846. The highest BCUT2D eigenvalue weighted by atomic mass is 28.4. The molecule has 4 aliphatic carbocycles. The van der Waals surface area contributed by atoms with Crippen LogP contribution in [0.5, 0.6) is 0 Å². The molecule has 0 aromatic heterocycles. The Balaban J connectivity index is 1.88. The van der Waals surface area contributed by atoms with Crippen LogP contribution in [0.15, 0.2) is 27.6 Å². The van der Waals surface area contributed by atoms with Gasteiger partial charge in [0.1, 0.15) is 11.3 Å². The molecule has 0 radical (unpaired) electrons. The molecule has 0 aromatic rings. The fourth-order valence-corrected chi connectivity index (χ4v) is 12.2. The van der Waals surface area contributed by atoms with Crippen molar-refractivity contribution in [1.29, 1.82) is 0 Å². The van der Waals surface area contributed by atoms with Gasteiger partial charge in [-0.05, 0) is 166 Å². The molecule has 0 bridgehead atoms. The zero-order valence-corrected chi connectivity index (χ0v) is 39.3. The summed E-state index contributed by atoms with van der Waals surface area (Å²) in [6.07, 6.45) is 10.9. The molecule has 0 aromatic carbocycles. The first kappa shape index (κ1) is 40.9. The monoisotopic (exact) mass is 765 g/mol. The van der Waals surface area contributed by atoms with Crippen LogP contribution in [0.4, 0.5) is 0 Å². The molecule has 8 nitrogen and oxygen atoms in total. The molecule has 0 saturated heterocycles. The summed E-state index contributed by atoms with van der Waals surface area (Å²) in [5.41, 5.74) is 2.38. The van der Waals surface area contributed by atoms with Crippen LogP contribution in [-0.4, -0.2) is 70.9 Å². The van der Waals surface area contributed by atoms with E-state index < -0.39 is 47.2 Å². The molecule has 49 heavy (non-hydrogen) atoms. The summed E-state index contributed by atoms with van der Waals surface area (Å²) >= 11 is 0. The molecule has 0 N–H and O–H groups in total. The molecule has 4 aliphatic rings. The van der Waals surface area contributed by atoms with Crippen molar-refractivity contribution in [3.63, 3.8) is 0 Å². The summed E-state index contributed by atoms with van der Waals surface area (Å²) in [6, 6.07) is 0. The second-order valence-electron chi connectivity index (χ2n) is 20.8. The second kappa shape index (κ2) is 13.9. The molecule has 4 rings (SSSR count). The van der Waals surface area contributed by atoms with E-state index in [9.17, 15) is 0 Å². The second-order valence-corrected chi connectivity index (χ2v) is 43.0. The van der Waals surface area contributed by atoms with Crippen LogP contribution in [0.2, 0.25) is 98.2 Å². The van der Waals surface area contributed by atoms with E-state index in [1.165, 1.54) is 18.6 Å². The molecule has 3 fully saturated rings. The van der Waals surface area contributed by atoms with Crippen LogP contribution >= 0.6 is 0 Å². The van der Waals surface area contributed by atoms with Gasteiger partial charge in [-0.1, -0.05) is 19.9 Å². The minimum atomic E-state index is -2.08. The zero-order valence-electron chi connectivity index (χ0n) is 34.3. The van der Waals surface area contributed by atoms with Crippen molar-refractivity contribution >= 4 is 58.7 Å². The molecule has 280 valence electrons. The number of hydrogen-bond donors (Lipinski definition) is 0. The molecule has 0 amide bonds. The quantitative estimate of drug-likeness (QED) is 0.112. The van der Waals surface area contributed by atoms with E-state index in [4.69, 9.17) is 32.7 Å². The maximum Gasteiger partial charge on any atom is 0.278 e. The number of fused-ring (bicyclic) bond motifs is 5. The zero-order chi connectivity index (χ0) is 37.1. The van der Waals surface area contributed by atoms with E-state index in [-0.39, 0.29) is 10.8 Å². The number of hydrogen-bond acceptors (Lipinski definition) is 8. The van der Waals surface area contributed by atoms with E-state index in [1.54, 1.807) is 0 Å². The van der Waals surface area contributed by atoms with Crippen LogP contribution in [0, 0.1) is 34.5 Å². The lowest BCUT2D eigenvalue weighted by molar-refractivity contribution is -0.0593. The smallest absolute Gasteiger partial charge is 0.278 e. The van der Waals surface area contributed by atoms with Crippen molar-refractivity contribution in [3.8, 4) is 0 Å². The van der Waals surface area contributed by atoms with Gasteiger partial charge in [0.05, 0.1) is 18.0 Å². The van der Waals surface area contributed by atoms with Crippen LogP contribution in [0.25, 0.3) is 0 Å². The minimum absolute atomic E-state index is 0.0340. The van der Waals surface area contributed by atoms with Gasteiger partial charge in [0.15, 0.2) is 16.6 Å². The number of rotatable bonds is 12. The Bertz CT molecular complexity index is 1340. The van der Waals surface area contributed by atoms with Gasteiger partial charge in [0.25, 0.3) is 25.0 Å². The van der Waals surface area contributed by atoms with Crippen molar-refractivity contribution < 1.29 is 22.4 Å². The van der Waals surface area contributed by atoms with Crippen molar-refractivity contribution in [1.82, 2.24) is 0 Å². The average Bonchev–Trinajstić information content (AvgIpc) is 3.19. The summed E-state index contributed by atoms with van der Waals surface area (Å²) < 4.78 is 33.2. The summed E-state index contributed by atoms with van der Waals surface area (Å²) in [6.45, 7) is 39.0. The highest BCUT2D eigenvalue weighted by Crippen LogP contribution is 2.68. The molecule has 6 unspecified atom stereocenters. The molecule has 0 spiro atoms. The van der Waals surface area contributed by atoms with Crippen molar-refractivity contribution in [2.45, 2.75) is 156 Å².